The molecule has 4 nitrogen and oxygen atoms in total. The number of H-pyrrole nitrogens is 1. The Hall–Kier alpha value is -1.39. The van der Waals surface area contributed by atoms with Crippen molar-refractivity contribution in [3.63, 3.8) is 0 Å². The summed E-state index contributed by atoms with van der Waals surface area (Å²) < 4.78 is 5.71. The molecular weight excluding hydrogens is 333 g/mol. The number of hydrogen-bond donors (Lipinski definition) is 1. The Bertz CT molecular complexity index is 725. The highest BCUT2D eigenvalue weighted by Gasteiger charge is 2.35. The maximum absolute atomic E-state index is 6.40. The van der Waals surface area contributed by atoms with Crippen LogP contribution in [-0.4, -0.2) is 29.4 Å². The van der Waals surface area contributed by atoms with E-state index in [2.05, 4.69) is 15.1 Å². The molecule has 122 valence electrons. The van der Waals surface area contributed by atoms with Crippen LogP contribution in [0.25, 0.3) is 11.3 Å². The molecule has 2 aromatic rings. The molecule has 1 aromatic carbocycles. The van der Waals surface area contributed by atoms with Crippen molar-refractivity contribution in [2.75, 3.05) is 18.0 Å². The average Bonchev–Trinajstić information content (AvgIpc) is 2.99. The molecule has 1 aromatic heterocycles. The third-order valence-corrected chi connectivity index (χ3v) is 5.17. The largest absolute Gasteiger partial charge is 0.488 e. The minimum atomic E-state index is 0.0239. The summed E-state index contributed by atoms with van der Waals surface area (Å²) in [6.07, 6.45) is 2.44. The molecule has 4 heterocycles. The Morgan fingerprint density at radius 3 is 2.48 bits per heavy atom. The summed E-state index contributed by atoms with van der Waals surface area (Å²) in [5, 5.41) is 8.83. The summed E-state index contributed by atoms with van der Waals surface area (Å²) in [5.74, 6) is 1.14. The van der Waals surface area contributed by atoms with Gasteiger partial charge in [0, 0.05) is 24.6 Å². The normalized spacial score (nSPS) is 17.0. The smallest absolute Gasteiger partial charge is 0.156 e. The highest BCUT2D eigenvalue weighted by atomic mass is 35.5. The van der Waals surface area contributed by atoms with Crippen molar-refractivity contribution in [3.8, 4) is 17.0 Å². The predicted molar refractivity (Wildman–Crippen MR) is 94.0 cm³/mol. The second-order valence-electron chi connectivity index (χ2n) is 6.53. The number of piperidine rings is 1. The first kappa shape index (κ1) is 15.2. The summed E-state index contributed by atoms with van der Waals surface area (Å²) >= 11 is 12.8. The molecule has 0 spiro atoms. The molecule has 0 radical (unpaired) electrons. The number of halogens is 2. The Labute approximate surface area is 145 Å². The number of fused-ring (bicyclic) bond motifs is 2. The maximum Gasteiger partial charge on any atom is 0.156 e. The van der Waals surface area contributed by atoms with E-state index in [0.29, 0.717) is 21.7 Å². The van der Waals surface area contributed by atoms with Gasteiger partial charge < -0.3 is 9.64 Å². The summed E-state index contributed by atoms with van der Waals surface area (Å²) in [6, 6.07) is 3.79. The molecule has 2 bridgehead atoms. The van der Waals surface area contributed by atoms with Crippen LogP contribution in [0.5, 0.6) is 5.75 Å². The van der Waals surface area contributed by atoms with Crippen LogP contribution in [-0.2, 0) is 0 Å². The van der Waals surface area contributed by atoms with Crippen molar-refractivity contribution in [2.24, 2.45) is 0 Å². The molecule has 1 N–H and O–H groups in total. The Balaban J connectivity index is 1.78. The summed E-state index contributed by atoms with van der Waals surface area (Å²) in [4.78, 5) is 2.41. The van der Waals surface area contributed by atoms with Gasteiger partial charge in [0.2, 0.25) is 0 Å². The molecule has 0 aliphatic carbocycles. The van der Waals surface area contributed by atoms with Crippen molar-refractivity contribution in [2.45, 2.75) is 38.7 Å². The van der Waals surface area contributed by atoms with Crippen molar-refractivity contribution >= 4 is 28.9 Å². The van der Waals surface area contributed by atoms with E-state index in [1.54, 1.807) is 0 Å². The minimum Gasteiger partial charge on any atom is -0.488 e. The molecular formula is C17H19Cl2N3O. The number of aromatic nitrogens is 2. The van der Waals surface area contributed by atoms with Crippen molar-refractivity contribution < 1.29 is 4.74 Å². The van der Waals surface area contributed by atoms with Gasteiger partial charge in [-0.15, -0.1) is 0 Å². The molecule has 6 heteroatoms. The zero-order chi connectivity index (χ0) is 16.1. The lowest BCUT2D eigenvalue weighted by Crippen LogP contribution is -2.38. The highest BCUT2D eigenvalue weighted by molar-refractivity contribution is 6.37. The number of ether oxygens (including phenoxy) is 1. The fourth-order valence-electron chi connectivity index (χ4n) is 3.59. The van der Waals surface area contributed by atoms with Gasteiger partial charge in [0.05, 0.1) is 27.5 Å². The molecule has 0 unspecified atom stereocenters. The van der Waals surface area contributed by atoms with Gasteiger partial charge in [0.1, 0.15) is 5.69 Å². The second-order valence-corrected chi connectivity index (χ2v) is 7.35. The molecule has 0 saturated carbocycles. The minimum absolute atomic E-state index is 0.0239. The fraction of sp³-hybridized carbons (Fsp3) is 0.471. The summed E-state index contributed by atoms with van der Waals surface area (Å²) in [5.41, 5.74) is 4.34. The lowest BCUT2D eigenvalue weighted by atomic mass is 9.86. The van der Waals surface area contributed by atoms with Gasteiger partial charge in [-0.1, -0.05) is 23.2 Å². The van der Waals surface area contributed by atoms with Crippen LogP contribution in [0.3, 0.4) is 0 Å². The number of benzene rings is 1. The van der Waals surface area contributed by atoms with Crippen LogP contribution in [0.4, 0.5) is 5.69 Å². The number of anilines is 1. The first-order valence-corrected chi connectivity index (χ1v) is 8.79. The van der Waals surface area contributed by atoms with E-state index in [9.17, 15) is 0 Å². The first-order valence-electron chi connectivity index (χ1n) is 8.04. The highest BCUT2D eigenvalue weighted by Crippen LogP contribution is 2.47. The van der Waals surface area contributed by atoms with Gasteiger partial charge in [0.15, 0.2) is 5.75 Å². The van der Waals surface area contributed by atoms with Crippen LogP contribution in [0, 0.1) is 0 Å². The lowest BCUT2D eigenvalue weighted by Gasteiger charge is -2.40. The second kappa shape index (κ2) is 5.60. The molecule has 3 aliphatic heterocycles. The Kier molecular flexibility index (Phi) is 3.69. The van der Waals surface area contributed by atoms with Crippen LogP contribution in [0.15, 0.2) is 12.1 Å². The molecule has 1 saturated heterocycles. The number of rotatable bonds is 3. The van der Waals surface area contributed by atoms with Crippen molar-refractivity contribution in [1.29, 1.82) is 0 Å². The van der Waals surface area contributed by atoms with E-state index in [0.717, 1.165) is 24.3 Å². The van der Waals surface area contributed by atoms with E-state index in [4.69, 9.17) is 27.9 Å². The van der Waals surface area contributed by atoms with Crippen LogP contribution in [0.1, 0.15) is 38.3 Å². The number of nitrogens with one attached hydrogen (secondary N) is 1. The monoisotopic (exact) mass is 351 g/mol. The van der Waals surface area contributed by atoms with E-state index in [1.807, 2.05) is 26.0 Å². The molecule has 3 aliphatic rings. The van der Waals surface area contributed by atoms with Gasteiger partial charge in [-0.05, 0) is 38.8 Å². The van der Waals surface area contributed by atoms with E-state index < -0.39 is 0 Å². The van der Waals surface area contributed by atoms with E-state index in [-0.39, 0.29) is 6.10 Å². The number of aromatic amines is 1. The van der Waals surface area contributed by atoms with Gasteiger partial charge in [-0.3, -0.25) is 5.10 Å². The first-order chi connectivity index (χ1) is 11.0. The number of hydrogen-bond acceptors (Lipinski definition) is 3. The van der Waals surface area contributed by atoms with Crippen molar-refractivity contribution in [1.82, 2.24) is 10.2 Å². The van der Waals surface area contributed by atoms with Crippen LogP contribution < -0.4 is 9.64 Å². The van der Waals surface area contributed by atoms with E-state index in [1.165, 1.54) is 24.2 Å². The van der Waals surface area contributed by atoms with Crippen molar-refractivity contribution in [3.05, 3.63) is 27.9 Å². The lowest BCUT2D eigenvalue weighted by molar-refractivity contribution is 0.243. The predicted octanol–water partition coefficient (Wildman–Crippen LogP) is 4.87. The maximum atomic E-state index is 6.40. The Morgan fingerprint density at radius 1 is 1.22 bits per heavy atom. The summed E-state index contributed by atoms with van der Waals surface area (Å²) in [6.45, 7) is 6.10. The SMILES string of the molecule is CC(C)Oc1c(Cl)cc(-c2n[nH]c3c2N2CCC3CC2)cc1Cl. The Morgan fingerprint density at radius 2 is 1.87 bits per heavy atom. The van der Waals surface area contributed by atoms with Gasteiger partial charge >= 0.3 is 0 Å². The van der Waals surface area contributed by atoms with Crippen LogP contribution in [0.2, 0.25) is 10.0 Å². The van der Waals surface area contributed by atoms with Gasteiger partial charge in [0.25, 0.3) is 0 Å². The molecule has 0 amide bonds. The van der Waals surface area contributed by atoms with Crippen LogP contribution >= 0.6 is 23.2 Å². The zero-order valence-corrected chi connectivity index (χ0v) is 14.7. The third kappa shape index (κ3) is 2.48. The number of nitrogens with zero attached hydrogens (tertiary/aromatic N) is 2. The van der Waals surface area contributed by atoms with E-state index >= 15 is 0 Å². The molecule has 5 rings (SSSR count). The standard InChI is InChI=1S/C17H19Cl2N3O/c1-9(2)23-17-12(18)7-11(8-13(17)19)15-16-14(20-21-15)10-3-5-22(16)6-4-10/h7-10H,3-6H2,1-2H3,(H,20,21). The zero-order valence-electron chi connectivity index (χ0n) is 13.2. The van der Waals surface area contributed by atoms with Gasteiger partial charge in [-0.2, -0.15) is 5.10 Å². The third-order valence-electron chi connectivity index (χ3n) is 4.61. The summed E-state index contributed by atoms with van der Waals surface area (Å²) in [7, 11) is 0. The topological polar surface area (TPSA) is 41.1 Å². The fourth-order valence-corrected chi connectivity index (χ4v) is 4.17. The molecule has 23 heavy (non-hydrogen) atoms. The average molecular weight is 352 g/mol. The molecule has 0 atom stereocenters. The quantitative estimate of drug-likeness (QED) is 0.857. The van der Waals surface area contributed by atoms with Gasteiger partial charge in [-0.25, -0.2) is 0 Å². The molecule has 1 fully saturated rings.